The van der Waals surface area contributed by atoms with Gasteiger partial charge in [-0.1, -0.05) is 24.3 Å². The highest BCUT2D eigenvalue weighted by atomic mass is 79.9. The van der Waals surface area contributed by atoms with Crippen LogP contribution in [-0.4, -0.2) is 24.4 Å². The molecule has 2 N–H and O–H groups in total. The molecule has 0 aliphatic rings. The number of hydrogen-bond acceptors (Lipinski definition) is 5. The second-order valence-corrected chi connectivity index (χ2v) is 9.25. The van der Waals surface area contributed by atoms with Crippen LogP contribution in [-0.2, 0) is 22.3 Å². The maximum Gasteiger partial charge on any atom is 0.216 e. The van der Waals surface area contributed by atoms with Crippen molar-refractivity contribution in [2.75, 3.05) is 5.32 Å². The van der Waals surface area contributed by atoms with Gasteiger partial charge in [-0.3, -0.25) is 9.97 Å². The van der Waals surface area contributed by atoms with Crippen LogP contribution in [0, 0.1) is 0 Å². The molecule has 3 aromatic rings. The van der Waals surface area contributed by atoms with Crippen molar-refractivity contribution in [1.82, 2.24) is 14.7 Å². The SMILES string of the molecule is CC(C)NS(=O)(=O)Cc1ccc(CNc2ccnc3cc(Br)cnc23)cc1. The van der Waals surface area contributed by atoms with Crippen LogP contribution >= 0.6 is 15.9 Å². The summed E-state index contributed by atoms with van der Waals surface area (Å²) < 4.78 is 27.5. The van der Waals surface area contributed by atoms with Gasteiger partial charge in [0.15, 0.2) is 0 Å². The van der Waals surface area contributed by atoms with E-state index in [0.717, 1.165) is 32.3 Å². The fourth-order valence-electron chi connectivity index (χ4n) is 2.72. The standard InChI is InChI=1S/C19H21BrN4O2S/c1-13(2)24-27(25,26)12-15-5-3-14(4-6-15)10-22-17-7-8-21-18-9-16(20)11-23-19(17)18/h3-9,11,13,24H,10,12H2,1-2H3,(H,21,22). The molecule has 3 rings (SSSR count). The van der Waals surface area contributed by atoms with Crippen LogP contribution in [0.3, 0.4) is 0 Å². The molecule has 0 aliphatic carbocycles. The van der Waals surface area contributed by atoms with Crippen LogP contribution in [0.4, 0.5) is 5.69 Å². The Labute approximate surface area is 167 Å². The van der Waals surface area contributed by atoms with E-state index in [-0.39, 0.29) is 11.8 Å². The van der Waals surface area contributed by atoms with Gasteiger partial charge in [0.1, 0.15) is 5.52 Å². The molecule has 2 aromatic heterocycles. The second-order valence-electron chi connectivity index (χ2n) is 6.58. The fraction of sp³-hybridized carbons (Fsp3) is 0.263. The van der Waals surface area contributed by atoms with E-state index in [9.17, 15) is 8.42 Å². The molecule has 27 heavy (non-hydrogen) atoms. The first kappa shape index (κ1) is 19.7. The number of pyridine rings is 2. The number of nitrogens with one attached hydrogen (secondary N) is 2. The monoisotopic (exact) mass is 448 g/mol. The van der Waals surface area contributed by atoms with Gasteiger partial charge >= 0.3 is 0 Å². The summed E-state index contributed by atoms with van der Waals surface area (Å²) in [5.74, 6) is -0.0212. The van der Waals surface area contributed by atoms with Gasteiger partial charge in [-0.15, -0.1) is 0 Å². The number of rotatable bonds is 7. The zero-order valence-electron chi connectivity index (χ0n) is 15.1. The molecule has 0 unspecified atom stereocenters. The molecular weight excluding hydrogens is 428 g/mol. The normalized spacial score (nSPS) is 11.9. The van der Waals surface area contributed by atoms with Crippen LogP contribution in [0.2, 0.25) is 0 Å². The molecule has 142 valence electrons. The summed E-state index contributed by atoms with van der Waals surface area (Å²) in [5, 5.41) is 3.37. The van der Waals surface area contributed by atoms with E-state index in [2.05, 4.69) is 35.9 Å². The number of hydrogen-bond donors (Lipinski definition) is 2. The summed E-state index contributed by atoms with van der Waals surface area (Å²) in [5.41, 5.74) is 4.33. The van der Waals surface area contributed by atoms with Gasteiger partial charge in [-0.25, -0.2) is 13.1 Å². The maximum atomic E-state index is 12.0. The third kappa shape index (κ3) is 5.47. The average Bonchev–Trinajstić information content (AvgIpc) is 2.59. The molecule has 0 atom stereocenters. The molecule has 0 saturated carbocycles. The third-order valence-corrected chi connectivity index (χ3v) is 5.80. The lowest BCUT2D eigenvalue weighted by Crippen LogP contribution is -2.31. The Morgan fingerprint density at radius 1 is 1.07 bits per heavy atom. The van der Waals surface area contributed by atoms with Crippen molar-refractivity contribution in [3.8, 4) is 0 Å². The van der Waals surface area contributed by atoms with Crippen molar-refractivity contribution in [3.05, 3.63) is 64.4 Å². The van der Waals surface area contributed by atoms with E-state index < -0.39 is 10.0 Å². The first-order valence-electron chi connectivity index (χ1n) is 8.54. The molecule has 0 fully saturated rings. The van der Waals surface area contributed by atoms with Gasteiger partial charge in [-0.2, -0.15) is 0 Å². The van der Waals surface area contributed by atoms with E-state index in [1.807, 2.05) is 50.2 Å². The zero-order valence-corrected chi connectivity index (χ0v) is 17.5. The molecule has 2 heterocycles. The molecule has 6 nitrogen and oxygen atoms in total. The van der Waals surface area contributed by atoms with Crippen molar-refractivity contribution in [3.63, 3.8) is 0 Å². The minimum atomic E-state index is -3.31. The van der Waals surface area contributed by atoms with Crippen molar-refractivity contribution >= 4 is 42.7 Å². The predicted molar refractivity (Wildman–Crippen MR) is 112 cm³/mol. The van der Waals surface area contributed by atoms with E-state index in [1.54, 1.807) is 12.4 Å². The van der Waals surface area contributed by atoms with Gasteiger partial charge < -0.3 is 5.32 Å². The van der Waals surface area contributed by atoms with E-state index in [4.69, 9.17) is 0 Å². The second kappa shape index (κ2) is 8.33. The summed E-state index contributed by atoms with van der Waals surface area (Å²) in [6.07, 6.45) is 3.49. The van der Waals surface area contributed by atoms with Crippen LogP contribution in [0.5, 0.6) is 0 Å². The molecule has 0 aliphatic heterocycles. The number of nitrogens with zero attached hydrogens (tertiary/aromatic N) is 2. The van der Waals surface area contributed by atoms with E-state index in [0.29, 0.717) is 6.54 Å². The largest absolute Gasteiger partial charge is 0.379 e. The maximum absolute atomic E-state index is 12.0. The van der Waals surface area contributed by atoms with Crippen LogP contribution in [0.1, 0.15) is 25.0 Å². The Morgan fingerprint density at radius 2 is 1.78 bits per heavy atom. The smallest absolute Gasteiger partial charge is 0.216 e. The van der Waals surface area contributed by atoms with E-state index >= 15 is 0 Å². The van der Waals surface area contributed by atoms with Crippen molar-refractivity contribution in [1.29, 1.82) is 0 Å². The molecular formula is C19H21BrN4O2S. The Morgan fingerprint density at radius 3 is 2.48 bits per heavy atom. The molecule has 8 heteroatoms. The molecule has 0 saturated heterocycles. The lowest BCUT2D eigenvalue weighted by Gasteiger charge is -2.11. The summed E-state index contributed by atoms with van der Waals surface area (Å²) in [6.45, 7) is 4.22. The average molecular weight is 449 g/mol. The van der Waals surface area contributed by atoms with Gasteiger partial charge in [0, 0.05) is 29.5 Å². The van der Waals surface area contributed by atoms with Crippen LogP contribution < -0.4 is 10.0 Å². The molecule has 0 bridgehead atoms. The number of fused-ring (bicyclic) bond motifs is 1. The first-order chi connectivity index (χ1) is 12.8. The summed E-state index contributed by atoms with van der Waals surface area (Å²) in [4.78, 5) is 8.75. The van der Waals surface area contributed by atoms with Crippen LogP contribution in [0.15, 0.2) is 53.3 Å². The minimum Gasteiger partial charge on any atom is -0.379 e. The Balaban J connectivity index is 1.67. The quantitative estimate of drug-likeness (QED) is 0.573. The first-order valence-corrected chi connectivity index (χ1v) is 11.0. The predicted octanol–water partition coefficient (Wildman–Crippen LogP) is 3.83. The van der Waals surface area contributed by atoms with Crippen molar-refractivity contribution < 1.29 is 8.42 Å². The van der Waals surface area contributed by atoms with Gasteiger partial charge in [0.25, 0.3) is 0 Å². The summed E-state index contributed by atoms with van der Waals surface area (Å²) in [7, 11) is -3.31. The summed E-state index contributed by atoms with van der Waals surface area (Å²) in [6, 6.07) is 11.3. The lowest BCUT2D eigenvalue weighted by molar-refractivity contribution is 0.569. The molecule has 0 radical (unpaired) electrons. The lowest BCUT2D eigenvalue weighted by atomic mass is 10.1. The molecule has 1 aromatic carbocycles. The number of anilines is 1. The number of sulfonamides is 1. The highest BCUT2D eigenvalue weighted by Gasteiger charge is 2.12. The summed E-state index contributed by atoms with van der Waals surface area (Å²) >= 11 is 3.40. The number of halogens is 1. The highest BCUT2D eigenvalue weighted by Crippen LogP contribution is 2.22. The Bertz CT molecular complexity index is 1040. The van der Waals surface area contributed by atoms with E-state index in [1.165, 1.54) is 0 Å². The topological polar surface area (TPSA) is 84.0 Å². The Hall–Kier alpha value is -2.03. The number of aromatic nitrogens is 2. The van der Waals surface area contributed by atoms with Gasteiger partial charge in [0.2, 0.25) is 10.0 Å². The zero-order chi connectivity index (χ0) is 19.4. The highest BCUT2D eigenvalue weighted by molar-refractivity contribution is 9.10. The molecule has 0 amide bonds. The number of benzene rings is 1. The fourth-order valence-corrected chi connectivity index (χ4v) is 4.47. The van der Waals surface area contributed by atoms with Crippen LogP contribution in [0.25, 0.3) is 11.0 Å². The minimum absolute atomic E-state index is 0.0212. The third-order valence-electron chi connectivity index (χ3n) is 3.82. The van der Waals surface area contributed by atoms with Gasteiger partial charge in [-0.05, 0) is 53.0 Å². The van der Waals surface area contributed by atoms with Crippen molar-refractivity contribution in [2.45, 2.75) is 32.2 Å². The Kier molecular flexibility index (Phi) is 6.08. The molecule has 0 spiro atoms. The van der Waals surface area contributed by atoms with Crippen molar-refractivity contribution in [2.24, 2.45) is 0 Å². The van der Waals surface area contributed by atoms with Gasteiger partial charge in [0.05, 0.1) is 17.0 Å².